The van der Waals surface area contributed by atoms with Gasteiger partial charge in [-0.25, -0.2) is 9.50 Å². The van der Waals surface area contributed by atoms with E-state index in [0.717, 1.165) is 46.1 Å². The highest BCUT2D eigenvalue weighted by molar-refractivity contribution is 5.77. The minimum Gasteiger partial charge on any atom is -0.497 e. The van der Waals surface area contributed by atoms with Gasteiger partial charge in [0.05, 0.1) is 25.6 Å². The van der Waals surface area contributed by atoms with Crippen LogP contribution in [0.15, 0.2) is 30.5 Å². The van der Waals surface area contributed by atoms with Crippen LogP contribution in [0.4, 0.5) is 0 Å². The quantitative estimate of drug-likeness (QED) is 0.680. The Morgan fingerprint density at radius 1 is 1.21 bits per heavy atom. The molecule has 0 bridgehead atoms. The van der Waals surface area contributed by atoms with E-state index in [1.54, 1.807) is 14.2 Å². The molecule has 0 N–H and O–H groups in total. The van der Waals surface area contributed by atoms with E-state index in [1.165, 1.54) is 0 Å². The highest BCUT2D eigenvalue weighted by Gasteiger charge is 2.23. The number of rotatable bonds is 5. The van der Waals surface area contributed by atoms with Crippen LogP contribution in [0.1, 0.15) is 28.9 Å². The molecule has 0 spiro atoms. The van der Waals surface area contributed by atoms with E-state index in [4.69, 9.17) is 9.47 Å². The van der Waals surface area contributed by atoms with Crippen molar-refractivity contribution in [3.8, 4) is 11.5 Å². The molecule has 0 aliphatic carbocycles. The fraction of sp³-hybridized carbons (Fsp3) is 0.381. The van der Waals surface area contributed by atoms with Crippen LogP contribution in [0.5, 0.6) is 11.5 Å². The number of hydrogen-bond acceptors (Lipinski definition) is 5. The van der Waals surface area contributed by atoms with Gasteiger partial charge in [-0.1, -0.05) is 6.07 Å². The van der Waals surface area contributed by atoms with E-state index in [-0.39, 0.29) is 5.91 Å². The number of carbonyl (C=O) groups excluding carboxylic acids is 1. The van der Waals surface area contributed by atoms with Crippen molar-refractivity contribution in [2.45, 2.75) is 32.7 Å². The molecule has 1 aromatic carbocycles. The predicted molar refractivity (Wildman–Crippen MR) is 105 cm³/mol. The largest absolute Gasteiger partial charge is 0.497 e. The Kier molecular flexibility index (Phi) is 4.90. The number of carbonyl (C=O) groups is 1. The van der Waals surface area contributed by atoms with Gasteiger partial charge in [-0.05, 0) is 25.0 Å². The SMILES string of the molecule is COc1ccc(CCC(=O)N2CCc3c(cnc4cc(C)nn34)C2)c(OC)c1. The average Bonchev–Trinajstić information content (AvgIpc) is 3.12. The fourth-order valence-electron chi connectivity index (χ4n) is 3.73. The first-order chi connectivity index (χ1) is 13.6. The lowest BCUT2D eigenvalue weighted by Gasteiger charge is -2.29. The van der Waals surface area contributed by atoms with Crippen molar-refractivity contribution in [3.05, 3.63) is 53.0 Å². The van der Waals surface area contributed by atoms with Crippen molar-refractivity contribution >= 4 is 11.6 Å². The van der Waals surface area contributed by atoms with Gasteiger partial charge in [-0.15, -0.1) is 0 Å². The van der Waals surface area contributed by atoms with Crippen LogP contribution >= 0.6 is 0 Å². The molecule has 0 radical (unpaired) electrons. The second-order valence-corrected chi connectivity index (χ2v) is 7.03. The summed E-state index contributed by atoms with van der Waals surface area (Å²) in [6, 6.07) is 7.67. The molecule has 0 saturated carbocycles. The lowest BCUT2D eigenvalue weighted by molar-refractivity contribution is -0.132. The Balaban J connectivity index is 1.45. The molecule has 0 unspecified atom stereocenters. The lowest BCUT2D eigenvalue weighted by atomic mass is 10.0. The maximum atomic E-state index is 12.8. The molecule has 0 atom stereocenters. The van der Waals surface area contributed by atoms with Gasteiger partial charge in [0.25, 0.3) is 0 Å². The summed E-state index contributed by atoms with van der Waals surface area (Å²) >= 11 is 0. The smallest absolute Gasteiger partial charge is 0.223 e. The van der Waals surface area contributed by atoms with Crippen molar-refractivity contribution in [2.24, 2.45) is 0 Å². The summed E-state index contributed by atoms with van der Waals surface area (Å²) in [7, 11) is 3.26. The standard InChI is InChI=1S/C21H24N4O3/c1-14-10-20-22-12-16-13-24(9-8-18(16)25(20)23-14)21(26)7-5-15-4-6-17(27-2)11-19(15)28-3/h4,6,10-12H,5,7-9,13H2,1-3H3. The summed E-state index contributed by atoms with van der Waals surface area (Å²) in [6.07, 6.45) is 3.73. The Morgan fingerprint density at radius 2 is 2.07 bits per heavy atom. The second kappa shape index (κ2) is 7.50. The number of ether oxygens (including phenoxy) is 2. The van der Waals surface area contributed by atoms with Gasteiger partial charge in [-0.3, -0.25) is 4.79 Å². The molecule has 7 nitrogen and oxygen atoms in total. The number of fused-ring (bicyclic) bond motifs is 3. The number of aromatic nitrogens is 3. The van der Waals surface area contributed by atoms with Gasteiger partial charge >= 0.3 is 0 Å². The molecular weight excluding hydrogens is 356 g/mol. The first-order valence-electron chi connectivity index (χ1n) is 9.41. The molecule has 3 aromatic rings. The van der Waals surface area contributed by atoms with E-state index in [0.29, 0.717) is 25.9 Å². The Morgan fingerprint density at radius 3 is 2.86 bits per heavy atom. The Labute approximate surface area is 163 Å². The topological polar surface area (TPSA) is 69.0 Å². The summed E-state index contributed by atoms with van der Waals surface area (Å²) in [5, 5.41) is 4.53. The summed E-state index contributed by atoms with van der Waals surface area (Å²) in [4.78, 5) is 19.2. The second-order valence-electron chi connectivity index (χ2n) is 7.03. The van der Waals surface area contributed by atoms with Crippen molar-refractivity contribution in [3.63, 3.8) is 0 Å². The number of aryl methyl sites for hydroxylation is 2. The third-order valence-electron chi connectivity index (χ3n) is 5.23. The van der Waals surface area contributed by atoms with Gasteiger partial charge in [0.1, 0.15) is 11.5 Å². The van der Waals surface area contributed by atoms with E-state index in [2.05, 4.69) is 10.1 Å². The first-order valence-corrected chi connectivity index (χ1v) is 9.41. The van der Waals surface area contributed by atoms with Crippen molar-refractivity contribution < 1.29 is 14.3 Å². The molecular formula is C21H24N4O3. The molecule has 4 rings (SSSR count). The highest BCUT2D eigenvalue weighted by atomic mass is 16.5. The minimum absolute atomic E-state index is 0.139. The normalized spacial score (nSPS) is 13.5. The maximum Gasteiger partial charge on any atom is 0.223 e. The third-order valence-corrected chi connectivity index (χ3v) is 5.23. The molecule has 7 heteroatoms. The van der Waals surface area contributed by atoms with Gasteiger partial charge < -0.3 is 14.4 Å². The van der Waals surface area contributed by atoms with E-state index >= 15 is 0 Å². The monoisotopic (exact) mass is 380 g/mol. The number of hydrogen-bond donors (Lipinski definition) is 0. The van der Waals surface area contributed by atoms with Crippen LogP contribution in [0.2, 0.25) is 0 Å². The van der Waals surface area contributed by atoms with E-state index < -0.39 is 0 Å². The summed E-state index contributed by atoms with van der Waals surface area (Å²) < 4.78 is 12.6. The van der Waals surface area contributed by atoms with Crippen LogP contribution in [0.25, 0.3) is 5.65 Å². The molecule has 1 aliphatic rings. The summed E-state index contributed by atoms with van der Waals surface area (Å²) in [6.45, 7) is 3.24. The first kappa shape index (κ1) is 18.3. The van der Waals surface area contributed by atoms with Crippen LogP contribution in [-0.4, -0.2) is 46.2 Å². The lowest BCUT2D eigenvalue weighted by Crippen LogP contribution is -2.37. The van der Waals surface area contributed by atoms with Gasteiger partial charge in [0.15, 0.2) is 5.65 Å². The summed E-state index contributed by atoms with van der Waals surface area (Å²) in [5.41, 5.74) is 5.04. The molecule has 0 fully saturated rings. The predicted octanol–water partition coefficient (Wildman–Crippen LogP) is 2.57. The maximum absolute atomic E-state index is 12.8. The number of amides is 1. The van der Waals surface area contributed by atoms with Crippen LogP contribution in [0.3, 0.4) is 0 Å². The van der Waals surface area contributed by atoms with Crippen LogP contribution < -0.4 is 9.47 Å². The molecule has 1 aliphatic heterocycles. The van der Waals surface area contributed by atoms with E-state index in [1.807, 2.05) is 46.8 Å². The van der Waals surface area contributed by atoms with E-state index in [9.17, 15) is 4.79 Å². The molecule has 146 valence electrons. The van der Waals surface area contributed by atoms with Crippen LogP contribution in [-0.2, 0) is 24.2 Å². The zero-order chi connectivity index (χ0) is 19.7. The number of nitrogens with zero attached hydrogens (tertiary/aromatic N) is 4. The van der Waals surface area contributed by atoms with Crippen molar-refractivity contribution in [1.29, 1.82) is 0 Å². The summed E-state index contributed by atoms with van der Waals surface area (Å²) in [5.74, 6) is 1.63. The highest BCUT2D eigenvalue weighted by Crippen LogP contribution is 2.26. The van der Waals surface area contributed by atoms with Crippen molar-refractivity contribution in [1.82, 2.24) is 19.5 Å². The van der Waals surface area contributed by atoms with Gasteiger partial charge in [-0.2, -0.15) is 5.10 Å². The molecule has 0 saturated heterocycles. The molecule has 28 heavy (non-hydrogen) atoms. The Hall–Kier alpha value is -3.09. The third kappa shape index (κ3) is 3.40. The number of methoxy groups -OCH3 is 2. The van der Waals surface area contributed by atoms with Gasteiger partial charge in [0.2, 0.25) is 5.91 Å². The number of benzene rings is 1. The van der Waals surface area contributed by atoms with Crippen molar-refractivity contribution in [2.75, 3.05) is 20.8 Å². The zero-order valence-electron chi connectivity index (χ0n) is 16.4. The van der Waals surface area contributed by atoms with Gasteiger partial charge in [0, 0.05) is 49.8 Å². The van der Waals surface area contributed by atoms with Crippen LogP contribution in [0, 0.1) is 6.92 Å². The molecule has 3 heterocycles. The minimum atomic E-state index is 0.139. The fourth-order valence-corrected chi connectivity index (χ4v) is 3.73. The molecule has 1 amide bonds. The molecule has 2 aromatic heterocycles. The zero-order valence-corrected chi connectivity index (χ0v) is 16.4. The average molecular weight is 380 g/mol. The Bertz CT molecular complexity index is 1030.